The van der Waals surface area contributed by atoms with E-state index in [9.17, 15) is 19.2 Å². The van der Waals surface area contributed by atoms with E-state index in [1.165, 1.54) is 17.7 Å². The van der Waals surface area contributed by atoms with Crippen LogP contribution in [0.2, 0.25) is 0 Å². The van der Waals surface area contributed by atoms with Crippen LogP contribution in [0.4, 0.5) is 4.79 Å². The Balaban J connectivity index is 1.72. The smallest absolute Gasteiger partial charge is 0.409 e. The molecule has 1 saturated heterocycles. The van der Waals surface area contributed by atoms with Gasteiger partial charge in [-0.1, -0.05) is 0 Å². The topological polar surface area (TPSA) is 103 Å². The van der Waals surface area contributed by atoms with E-state index < -0.39 is 11.2 Å². The molecule has 0 spiro atoms. The van der Waals surface area contributed by atoms with Gasteiger partial charge in [0.25, 0.3) is 11.5 Å². The largest absolute Gasteiger partial charge is 0.450 e. The normalized spacial score (nSPS) is 15.1. The van der Waals surface area contributed by atoms with Crippen molar-refractivity contribution in [3.8, 4) is 0 Å². The van der Waals surface area contributed by atoms with Crippen LogP contribution in [0, 0.1) is 0 Å². The van der Waals surface area contributed by atoms with Crippen LogP contribution in [0.5, 0.6) is 0 Å². The zero-order valence-corrected chi connectivity index (χ0v) is 16.3. The van der Waals surface area contributed by atoms with Gasteiger partial charge in [0, 0.05) is 33.2 Å². The molecule has 0 bridgehead atoms. The second-order valence-corrected chi connectivity index (χ2v) is 7.50. The third kappa shape index (κ3) is 3.61. The molecule has 0 radical (unpaired) electrons. The lowest BCUT2D eigenvalue weighted by Gasteiger charge is -2.31. The first-order valence-electron chi connectivity index (χ1n) is 8.75. The molecule has 0 saturated carbocycles. The number of rotatable bonds is 3. The Morgan fingerprint density at radius 1 is 1.22 bits per heavy atom. The minimum atomic E-state index is -0.423. The quantitative estimate of drug-likeness (QED) is 0.823. The van der Waals surface area contributed by atoms with E-state index >= 15 is 0 Å². The highest BCUT2D eigenvalue weighted by Gasteiger charge is 2.25. The summed E-state index contributed by atoms with van der Waals surface area (Å²) in [6.07, 6.45) is 0.939. The number of piperidine rings is 1. The number of thiophene rings is 1. The summed E-state index contributed by atoms with van der Waals surface area (Å²) in [6.45, 7) is 3.14. The Bertz CT molecular complexity index is 997. The number of likely N-dealkylation sites (tertiary alicyclic amines) is 1. The van der Waals surface area contributed by atoms with Crippen LogP contribution in [-0.4, -0.2) is 51.8 Å². The third-order valence-electron chi connectivity index (χ3n) is 4.71. The van der Waals surface area contributed by atoms with Gasteiger partial charge in [-0.3, -0.25) is 18.7 Å². The number of carbonyl (C=O) groups is 2. The Labute approximate surface area is 159 Å². The number of amides is 2. The van der Waals surface area contributed by atoms with E-state index in [-0.39, 0.29) is 18.0 Å². The summed E-state index contributed by atoms with van der Waals surface area (Å²) in [5, 5.41) is 3.31. The maximum absolute atomic E-state index is 12.6. The summed E-state index contributed by atoms with van der Waals surface area (Å²) in [5.41, 5.74) is -0.834. The van der Waals surface area contributed by atoms with Crippen molar-refractivity contribution in [1.29, 1.82) is 0 Å². The van der Waals surface area contributed by atoms with Gasteiger partial charge in [-0.25, -0.2) is 9.59 Å². The number of ether oxygens (including phenoxy) is 1. The highest BCUT2D eigenvalue weighted by atomic mass is 32.1. The lowest BCUT2D eigenvalue weighted by Crippen LogP contribution is -2.46. The molecule has 2 amide bonds. The number of aryl methyl sites for hydroxylation is 1. The van der Waals surface area contributed by atoms with Crippen molar-refractivity contribution in [2.75, 3.05) is 19.7 Å². The molecule has 1 N–H and O–H groups in total. The van der Waals surface area contributed by atoms with Gasteiger partial charge in [0.1, 0.15) is 4.83 Å². The Morgan fingerprint density at radius 2 is 1.89 bits per heavy atom. The van der Waals surface area contributed by atoms with Gasteiger partial charge < -0.3 is 15.0 Å². The van der Waals surface area contributed by atoms with E-state index in [4.69, 9.17) is 4.74 Å². The van der Waals surface area contributed by atoms with E-state index in [1.54, 1.807) is 18.9 Å². The van der Waals surface area contributed by atoms with Gasteiger partial charge in [-0.2, -0.15) is 0 Å². The summed E-state index contributed by atoms with van der Waals surface area (Å²) < 4.78 is 7.38. The lowest BCUT2D eigenvalue weighted by atomic mass is 10.1. The molecule has 3 heterocycles. The number of fused-ring (bicyclic) bond motifs is 1. The molecule has 27 heavy (non-hydrogen) atoms. The van der Waals surface area contributed by atoms with Crippen molar-refractivity contribution in [1.82, 2.24) is 19.4 Å². The van der Waals surface area contributed by atoms with Crippen molar-refractivity contribution in [2.45, 2.75) is 25.8 Å². The molecule has 1 aliphatic rings. The number of hydrogen-bond acceptors (Lipinski definition) is 6. The first kappa shape index (κ1) is 19.2. The van der Waals surface area contributed by atoms with Crippen molar-refractivity contribution in [3.05, 3.63) is 31.8 Å². The van der Waals surface area contributed by atoms with Crippen LogP contribution < -0.4 is 16.6 Å². The lowest BCUT2D eigenvalue weighted by molar-refractivity contribution is 0.0863. The van der Waals surface area contributed by atoms with Gasteiger partial charge in [-0.15, -0.1) is 11.3 Å². The maximum atomic E-state index is 12.6. The minimum absolute atomic E-state index is 0.0555. The molecule has 9 nitrogen and oxygen atoms in total. The summed E-state index contributed by atoms with van der Waals surface area (Å²) in [6, 6.07) is 1.48. The van der Waals surface area contributed by atoms with Gasteiger partial charge in [0.05, 0.1) is 16.9 Å². The van der Waals surface area contributed by atoms with E-state index in [1.807, 2.05) is 0 Å². The Morgan fingerprint density at radius 3 is 2.52 bits per heavy atom. The first-order chi connectivity index (χ1) is 12.8. The summed E-state index contributed by atoms with van der Waals surface area (Å²) in [4.78, 5) is 51.1. The molecule has 1 aliphatic heterocycles. The molecule has 2 aromatic rings. The monoisotopic (exact) mass is 394 g/mol. The van der Waals surface area contributed by atoms with Gasteiger partial charge in [-0.05, 0) is 25.8 Å². The average Bonchev–Trinajstić information content (AvgIpc) is 3.11. The van der Waals surface area contributed by atoms with E-state index in [0.29, 0.717) is 47.6 Å². The average molecular weight is 394 g/mol. The fraction of sp³-hybridized carbons (Fsp3) is 0.529. The molecule has 2 aromatic heterocycles. The molecular weight excluding hydrogens is 372 g/mol. The molecule has 0 unspecified atom stereocenters. The highest BCUT2D eigenvalue weighted by molar-refractivity contribution is 7.20. The van der Waals surface area contributed by atoms with E-state index in [2.05, 4.69) is 5.32 Å². The Kier molecular flexibility index (Phi) is 5.36. The van der Waals surface area contributed by atoms with Crippen LogP contribution in [0.1, 0.15) is 29.4 Å². The Hall–Kier alpha value is -2.62. The van der Waals surface area contributed by atoms with E-state index in [0.717, 1.165) is 15.9 Å². The number of aromatic nitrogens is 2. The second kappa shape index (κ2) is 7.55. The standard InChI is InChI=1S/C17H22N4O5S/c1-4-26-17(25)21-7-5-10(6-8-21)18-13(22)12-9-11-14(23)19(2)16(24)20(3)15(11)27-12/h9-10H,4-8H2,1-3H3,(H,18,22). The predicted molar refractivity (Wildman–Crippen MR) is 101 cm³/mol. The summed E-state index contributed by atoms with van der Waals surface area (Å²) >= 11 is 1.12. The van der Waals surface area contributed by atoms with Gasteiger partial charge in [0.15, 0.2) is 0 Å². The van der Waals surface area contributed by atoms with Crippen LogP contribution in [-0.2, 0) is 18.8 Å². The zero-order chi connectivity index (χ0) is 19.7. The SMILES string of the molecule is CCOC(=O)N1CCC(NC(=O)c2cc3c(=O)n(C)c(=O)n(C)c3s2)CC1. The number of hydrogen-bond donors (Lipinski definition) is 1. The highest BCUT2D eigenvalue weighted by Crippen LogP contribution is 2.22. The minimum Gasteiger partial charge on any atom is -0.450 e. The number of nitrogens with zero attached hydrogens (tertiary/aromatic N) is 3. The molecule has 10 heteroatoms. The van der Waals surface area contributed by atoms with Crippen LogP contribution in [0.25, 0.3) is 10.2 Å². The molecular formula is C17H22N4O5S. The molecule has 0 atom stereocenters. The number of carbonyl (C=O) groups excluding carboxylic acids is 2. The predicted octanol–water partition coefficient (Wildman–Crippen LogP) is 0.649. The first-order valence-corrected chi connectivity index (χ1v) is 9.57. The summed E-state index contributed by atoms with van der Waals surface area (Å²) in [5.74, 6) is -0.278. The number of nitrogens with one attached hydrogen (secondary N) is 1. The molecule has 1 fully saturated rings. The molecule has 0 aromatic carbocycles. The molecule has 3 rings (SSSR count). The molecule has 0 aliphatic carbocycles. The maximum Gasteiger partial charge on any atom is 0.409 e. The fourth-order valence-electron chi connectivity index (χ4n) is 3.15. The van der Waals surface area contributed by atoms with Crippen molar-refractivity contribution >= 4 is 33.6 Å². The van der Waals surface area contributed by atoms with Crippen molar-refractivity contribution in [3.63, 3.8) is 0 Å². The van der Waals surface area contributed by atoms with Crippen molar-refractivity contribution in [2.24, 2.45) is 14.1 Å². The second-order valence-electron chi connectivity index (χ2n) is 6.47. The van der Waals surface area contributed by atoms with Crippen LogP contribution in [0.3, 0.4) is 0 Å². The van der Waals surface area contributed by atoms with Gasteiger partial charge in [0.2, 0.25) is 0 Å². The summed E-state index contributed by atoms with van der Waals surface area (Å²) in [7, 11) is 2.99. The van der Waals surface area contributed by atoms with Crippen LogP contribution >= 0.6 is 11.3 Å². The van der Waals surface area contributed by atoms with Crippen LogP contribution in [0.15, 0.2) is 15.7 Å². The zero-order valence-electron chi connectivity index (χ0n) is 15.5. The third-order valence-corrected chi connectivity index (χ3v) is 5.92. The van der Waals surface area contributed by atoms with Gasteiger partial charge >= 0.3 is 11.8 Å². The fourth-order valence-corrected chi connectivity index (χ4v) is 4.16. The molecule has 146 valence electrons. The van der Waals surface area contributed by atoms with Crippen molar-refractivity contribution < 1.29 is 14.3 Å².